The van der Waals surface area contributed by atoms with E-state index in [0.29, 0.717) is 11.8 Å². The van der Waals surface area contributed by atoms with Crippen LogP contribution in [0, 0.1) is 13.8 Å². The minimum atomic E-state index is -1.43. The van der Waals surface area contributed by atoms with Crippen LogP contribution in [0.2, 0.25) is 0 Å². The third-order valence-corrected chi connectivity index (χ3v) is 2.50. The number of rotatable bonds is 3. The number of amides is 1. The standard InChI is InChI=1S/C11H13NO3/c1-6-3-4-8(10(14)11(12)15)9(5-13)7(6)2/h3-5,10,14H,1-2H3,(H2,12,15). The first kappa shape index (κ1) is 11.4. The summed E-state index contributed by atoms with van der Waals surface area (Å²) in [7, 11) is 0. The van der Waals surface area contributed by atoms with Crippen molar-refractivity contribution in [3.63, 3.8) is 0 Å². The van der Waals surface area contributed by atoms with Gasteiger partial charge in [0.05, 0.1) is 0 Å². The number of aryl methyl sites for hydroxylation is 1. The quantitative estimate of drug-likeness (QED) is 0.713. The largest absolute Gasteiger partial charge is 0.378 e. The van der Waals surface area contributed by atoms with Crippen molar-refractivity contribution in [2.75, 3.05) is 0 Å². The molecule has 0 spiro atoms. The van der Waals surface area contributed by atoms with E-state index >= 15 is 0 Å². The molecule has 0 saturated carbocycles. The van der Waals surface area contributed by atoms with E-state index in [1.165, 1.54) is 0 Å². The first-order valence-electron chi connectivity index (χ1n) is 4.51. The summed E-state index contributed by atoms with van der Waals surface area (Å²) in [4.78, 5) is 21.7. The second-order valence-corrected chi connectivity index (χ2v) is 3.43. The highest BCUT2D eigenvalue weighted by molar-refractivity contribution is 5.87. The molecule has 15 heavy (non-hydrogen) atoms. The predicted octanol–water partition coefficient (Wildman–Crippen LogP) is 0.635. The minimum absolute atomic E-state index is 0.264. The molecule has 0 aliphatic carbocycles. The Bertz CT molecular complexity index is 413. The Hall–Kier alpha value is -1.68. The second kappa shape index (κ2) is 4.23. The van der Waals surface area contributed by atoms with Crippen LogP contribution in [0.4, 0.5) is 0 Å². The number of aldehydes is 1. The van der Waals surface area contributed by atoms with Gasteiger partial charge in [0.25, 0.3) is 5.91 Å². The number of primary amides is 1. The van der Waals surface area contributed by atoms with Gasteiger partial charge in [0.2, 0.25) is 0 Å². The third kappa shape index (κ3) is 2.05. The molecule has 4 heteroatoms. The molecule has 0 bridgehead atoms. The summed E-state index contributed by atoms with van der Waals surface area (Å²) in [6, 6.07) is 3.28. The van der Waals surface area contributed by atoms with Gasteiger partial charge in [-0.15, -0.1) is 0 Å². The fraction of sp³-hybridized carbons (Fsp3) is 0.273. The van der Waals surface area contributed by atoms with Gasteiger partial charge in [-0.2, -0.15) is 0 Å². The lowest BCUT2D eigenvalue weighted by Gasteiger charge is -2.13. The van der Waals surface area contributed by atoms with Crippen molar-refractivity contribution in [1.29, 1.82) is 0 Å². The lowest BCUT2D eigenvalue weighted by atomic mass is 9.95. The SMILES string of the molecule is Cc1ccc(C(O)C(N)=O)c(C=O)c1C. The van der Waals surface area contributed by atoms with Crippen molar-refractivity contribution in [1.82, 2.24) is 0 Å². The number of hydrogen-bond acceptors (Lipinski definition) is 3. The fourth-order valence-corrected chi connectivity index (χ4v) is 1.41. The fourth-order valence-electron chi connectivity index (χ4n) is 1.41. The molecule has 1 rings (SSSR count). The lowest BCUT2D eigenvalue weighted by molar-refractivity contribution is -0.126. The molecule has 0 aliphatic heterocycles. The zero-order valence-corrected chi connectivity index (χ0v) is 8.65. The van der Waals surface area contributed by atoms with Crippen LogP contribution in [0.5, 0.6) is 0 Å². The summed E-state index contributed by atoms with van der Waals surface area (Å²) in [6.45, 7) is 3.61. The Kier molecular flexibility index (Phi) is 3.21. The summed E-state index contributed by atoms with van der Waals surface area (Å²) in [6.07, 6.45) is -0.798. The highest BCUT2D eigenvalue weighted by Crippen LogP contribution is 2.22. The third-order valence-electron chi connectivity index (χ3n) is 2.50. The van der Waals surface area contributed by atoms with E-state index in [2.05, 4.69) is 0 Å². The highest BCUT2D eigenvalue weighted by Gasteiger charge is 2.19. The number of carbonyl (C=O) groups excluding carboxylic acids is 2. The van der Waals surface area contributed by atoms with Gasteiger partial charge in [-0.05, 0) is 25.0 Å². The number of hydrogen-bond donors (Lipinski definition) is 2. The Morgan fingerprint density at radius 1 is 1.47 bits per heavy atom. The summed E-state index contributed by atoms with van der Waals surface area (Å²) in [5.74, 6) is -0.860. The molecule has 0 saturated heterocycles. The summed E-state index contributed by atoms with van der Waals surface area (Å²) >= 11 is 0. The molecular weight excluding hydrogens is 194 g/mol. The predicted molar refractivity (Wildman–Crippen MR) is 55.5 cm³/mol. The summed E-state index contributed by atoms with van der Waals surface area (Å²) in [5, 5.41) is 9.49. The maximum atomic E-state index is 10.9. The van der Waals surface area contributed by atoms with Crippen molar-refractivity contribution in [2.24, 2.45) is 5.73 Å². The van der Waals surface area contributed by atoms with Gasteiger partial charge >= 0.3 is 0 Å². The molecule has 0 radical (unpaired) electrons. The normalized spacial score (nSPS) is 12.2. The molecule has 0 fully saturated rings. The maximum absolute atomic E-state index is 10.9. The number of aliphatic hydroxyl groups is 1. The number of carbonyl (C=O) groups is 2. The topological polar surface area (TPSA) is 80.4 Å². The molecule has 4 nitrogen and oxygen atoms in total. The zero-order valence-electron chi connectivity index (χ0n) is 8.65. The van der Waals surface area contributed by atoms with E-state index in [0.717, 1.165) is 11.1 Å². The van der Waals surface area contributed by atoms with E-state index in [1.807, 2.05) is 6.92 Å². The molecule has 1 amide bonds. The number of benzene rings is 1. The summed E-state index contributed by atoms with van der Waals surface area (Å²) in [5.41, 5.74) is 7.25. The Morgan fingerprint density at radius 3 is 2.53 bits per heavy atom. The van der Waals surface area contributed by atoms with Crippen molar-refractivity contribution < 1.29 is 14.7 Å². The van der Waals surface area contributed by atoms with Gasteiger partial charge in [0.1, 0.15) is 0 Å². The lowest BCUT2D eigenvalue weighted by Crippen LogP contribution is -2.22. The first-order valence-corrected chi connectivity index (χ1v) is 4.51. The monoisotopic (exact) mass is 207 g/mol. The van der Waals surface area contributed by atoms with Crippen molar-refractivity contribution >= 4 is 12.2 Å². The van der Waals surface area contributed by atoms with E-state index in [4.69, 9.17) is 5.73 Å². The average Bonchev–Trinajstić information content (AvgIpc) is 2.20. The molecule has 0 heterocycles. The van der Waals surface area contributed by atoms with Crippen LogP contribution in [0.3, 0.4) is 0 Å². The van der Waals surface area contributed by atoms with E-state index < -0.39 is 12.0 Å². The van der Waals surface area contributed by atoms with Crippen molar-refractivity contribution in [2.45, 2.75) is 20.0 Å². The van der Waals surface area contributed by atoms with Gasteiger partial charge < -0.3 is 10.8 Å². The van der Waals surface area contributed by atoms with Gasteiger partial charge in [0.15, 0.2) is 12.4 Å². The van der Waals surface area contributed by atoms with Gasteiger partial charge in [0, 0.05) is 11.1 Å². The van der Waals surface area contributed by atoms with Crippen LogP contribution >= 0.6 is 0 Å². The van der Waals surface area contributed by atoms with Crippen LogP contribution in [0.15, 0.2) is 12.1 Å². The minimum Gasteiger partial charge on any atom is -0.378 e. The van der Waals surface area contributed by atoms with Gasteiger partial charge in [-0.1, -0.05) is 12.1 Å². The number of aliphatic hydroxyl groups excluding tert-OH is 1. The summed E-state index contributed by atoms with van der Waals surface area (Å²) < 4.78 is 0. The Balaban J connectivity index is 3.36. The van der Waals surface area contributed by atoms with E-state index in [-0.39, 0.29) is 5.56 Å². The highest BCUT2D eigenvalue weighted by atomic mass is 16.3. The zero-order chi connectivity index (χ0) is 11.6. The smallest absolute Gasteiger partial charge is 0.250 e. The number of nitrogens with two attached hydrogens (primary N) is 1. The molecule has 0 aliphatic rings. The molecule has 0 aromatic heterocycles. The maximum Gasteiger partial charge on any atom is 0.250 e. The van der Waals surface area contributed by atoms with Gasteiger partial charge in [-0.25, -0.2) is 0 Å². The van der Waals surface area contributed by atoms with Gasteiger partial charge in [-0.3, -0.25) is 9.59 Å². The second-order valence-electron chi connectivity index (χ2n) is 3.43. The average molecular weight is 207 g/mol. The first-order chi connectivity index (χ1) is 6.99. The molecule has 3 N–H and O–H groups in total. The van der Waals surface area contributed by atoms with Crippen LogP contribution < -0.4 is 5.73 Å². The van der Waals surface area contributed by atoms with E-state index in [9.17, 15) is 14.7 Å². The molecule has 1 aromatic rings. The van der Waals surface area contributed by atoms with Crippen molar-refractivity contribution in [3.05, 3.63) is 34.4 Å². The Labute approximate surface area is 87.7 Å². The van der Waals surface area contributed by atoms with E-state index in [1.54, 1.807) is 19.1 Å². The van der Waals surface area contributed by atoms with Crippen molar-refractivity contribution in [3.8, 4) is 0 Å². The van der Waals surface area contributed by atoms with Crippen LogP contribution in [-0.4, -0.2) is 17.3 Å². The molecule has 80 valence electrons. The van der Waals surface area contributed by atoms with Crippen LogP contribution in [0.1, 0.15) is 33.2 Å². The molecule has 1 atom stereocenters. The Morgan fingerprint density at radius 2 is 2.07 bits per heavy atom. The molecule has 1 unspecified atom stereocenters. The van der Waals surface area contributed by atoms with Crippen LogP contribution in [0.25, 0.3) is 0 Å². The molecule has 1 aromatic carbocycles. The van der Waals surface area contributed by atoms with Crippen LogP contribution in [-0.2, 0) is 4.79 Å². The molecular formula is C11H13NO3.